The van der Waals surface area contributed by atoms with E-state index in [2.05, 4.69) is 102 Å². The third kappa shape index (κ3) is 3.97. The van der Waals surface area contributed by atoms with Crippen molar-refractivity contribution in [2.24, 2.45) is 0 Å². The molecule has 3 aromatic rings. The van der Waals surface area contributed by atoms with Crippen molar-refractivity contribution in [2.75, 3.05) is 20.8 Å². The van der Waals surface area contributed by atoms with Gasteiger partial charge in [-0.1, -0.05) is 66.7 Å². The molecule has 1 heterocycles. The van der Waals surface area contributed by atoms with E-state index < -0.39 is 0 Å². The Kier molecular flexibility index (Phi) is 5.89. The van der Waals surface area contributed by atoms with E-state index in [1.54, 1.807) is 14.2 Å². The Bertz CT molecular complexity index is 970. The zero-order valence-electron chi connectivity index (χ0n) is 17.5. The van der Waals surface area contributed by atoms with Crippen molar-refractivity contribution in [1.29, 1.82) is 0 Å². The zero-order chi connectivity index (χ0) is 20.8. The van der Waals surface area contributed by atoms with Crippen LogP contribution in [-0.4, -0.2) is 25.7 Å². The fourth-order valence-electron chi connectivity index (χ4n) is 3.95. The van der Waals surface area contributed by atoms with Crippen molar-refractivity contribution in [3.63, 3.8) is 0 Å². The number of benzene rings is 3. The first-order valence-corrected chi connectivity index (χ1v) is 10.2. The summed E-state index contributed by atoms with van der Waals surface area (Å²) in [4.78, 5) is 2.24. The van der Waals surface area contributed by atoms with Crippen LogP contribution in [0, 0.1) is 0 Å². The highest BCUT2D eigenvalue weighted by molar-refractivity contribution is 5.50. The van der Waals surface area contributed by atoms with Gasteiger partial charge in [0.2, 0.25) is 0 Å². The minimum absolute atomic E-state index is 0.248. The van der Waals surface area contributed by atoms with E-state index in [9.17, 15) is 0 Å². The SMILES string of the molecule is COc1ccc(CCN2C=CC(c3ccccc3)(c3ccccc3)C=C2)cc1OC. The molecule has 3 heteroatoms. The van der Waals surface area contributed by atoms with Gasteiger partial charge in [0, 0.05) is 18.9 Å². The Morgan fingerprint density at radius 3 is 1.80 bits per heavy atom. The second-order valence-electron chi connectivity index (χ2n) is 7.41. The van der Waals surface area contributed by atoms with Crippen LogP contribution in [0.5, 0.6) is 11.5 Å². The van der Waals surface area contributed by atoms with Crippen LogP contribution >= 0.6 is 0 Å². The fourth-order valence-corrected chi connectivity index (χ4v) is 3.95. The molecule has 30 heavy (non-hydrogen) atoms. The Hall–Kier alpha value is -3.46. The molecule has 0 amide bonds. The van der Waals surface area contributed by atoms with Crippen LogP contribution in [0.15, 0.2) is 103 Å². The lowest BCUT2D eigenvalue weighted by molar-refractivity contribution is 0.354. The molecule has 152 valence electrons. The Labute approximate surface area is 178 Å². The minimum atomic E-state index is -0.248. The van der Waals surface area contributed by atoms with Gasteiger partial charge in [-0.3, -0.25) is 0 Å². The van der Waals surface area contributed by atoms with Gasteiger partial charge >= 0.3 is 0 Å². The van der Waals surface area contributed by atoms with E-state index >= 15 is 0 Å². The van der Waals surface area contributed by atoms with Crippen LogP contribution in [0.25, 0.3) is 0 Å². The van der Waals surface area contributed by atoms with E-state index in [4.69, 9.17) is 9.47 Å². The summed E-state index contributed by atoms with van der Waals surface area (Å²) in [5, 5.41) is 0. The largest absolute Gasteiger partial charge is 0.493 e. The van der Waals surface area contributed by atoms with E-state index in [-0.39, 0.29) is 5.41 Å². The molecule has 0 fully saturated rings. The lowest BCUT2D eigenvalue weighted by atomic mass is 9.73. The third-order valence-electron chi connectivity index (χ3n) is 5.67. The lowest BCUT2D eigenvalue weighted by Crippen LogP contribution is -2.28. The van der Waals surface area contributed by atoms with Crippen LogP contribution in [0.1, 0.15) is 16.7 Å². The Balaban J connectivity index is 1.53. The maximum atomic E-state index is 5.43. The molecule has 1 aliphatic heterocycles. The van der Waals surface area contributed by atoms with Crippen molar-refractivity contribution in [1.82, 2.24) is 4.90 Å². The molecule has 0 aliphatic carbocycles. The average molecular weight is 398 g/mol. The second-order valence-corrected chi connectivity index (χ2v) is 7.41. The molecular weight excluding hydrogens is 370 g/mol. The fraction of sp³-hybridized carbons (Fsp3) is 0.185. The van der Waals surface area contributed by atoms with Crippen molar-refractivity contribution in [2.45, 2.75) is 11.8 Å². The number of ether oxygens (including phenoxy) is 2. The number of rotatable bonds is 7. The molecule has 1 aliphatic rings. The molecule has 4 rings (SSSR count). The Morgan fingerprint density at radius 1 is 0.700 bits per heavy atom. The summed E-state index contributed by atoms with van der Waals surface area (Å²) in [7, 11) is 3.33. The summed E-state index contributed by atoms with van der Waals surface area (Å²) in [5.41, 5.74) is 3.51. The smallest absolute Gasteiger partial charge is 0.160 e. The van der Waals surface area contributed by atoms with Crippen LogP contribution in [-0.2, 0) is 11.8 Å². The van der Waals surface area contributed by atoms with Crippen molar-refractivity contribution >= 4 is 0 Å². The van der Waals surface area contributed by atoms with Gasteiger partial charge in [-0.05, 0) is 47.4 Å². The minimum Gasteiger partial charge on any atom is -0.493 e. The van der Waals surface area contributed by atoms with E-state index in [1.165, 1.54) is 16.7 Å². The predicted molar refractivity (Wildman–Crippen MR) is 122 cm³/mol. The predicted octanol–water partition coefficient (Wildman–Crippen LogP) is 5.58. The van der Waals surface area contributed by atoms with E-state index in [0.29, 0.717) is 0 Å². The first kappa shape index (κ1) is 19.8. The van der Waals surface area contributed by atoms with Gasteiger partial charge in [0.1, 0.15) is 0 Å². The highest BCUT2D eigenvalue weighted by atomic mass is 16.5. The maximum Gasteiger partial charge on any atom is 0.160 e. The number of nitrogens with zero attached hydrogens (tertiary/aromatic N) is 1. The monoisotopic (exact) mass is 397 g/mol. The van der Waals surface area contributed by atoms with Gasteiger partial charge in [0.15, 0.2) is 11.5 Å². The topological polar surface area (TPSA) is 21.7 Å². The van der Waals surface area contributed by atoms with Crippen molar-refractivity contribution < 1.29 is 9.47 Å². The molecule has 0 unspecified atom stereocenters. The van der Waals surface area contributed by atoms with Crippen LogP contribution in [0.3, 0.4) is 0 Å². The molecule has 0 atom stereocenters. The van der Waals surface area contributed by atoms with Gasteiger partial charge in [0.05, 0.1) is 19.6 Å². The maximum absolute atomic E-state index is 5.43. The van der Waals surface area contributed by atoms with E-state index in [1.807, 2.05) is 6.07 Å². The molecule has 0 spiro atoms. The van der Waals surface area contributed by atoms with Gasteiger partial charge in [-0.15, -0.1) is 0 Å². The summed E-state index contributed by atoms with van der Waals surface area (Å²) in [6.07, 6.45) is 9.90. The lowest BCUT2D eigenvalue weighted by Gasteiger charge is -2.33. The first-order valence-electron chi connectivity index (χ1n) is 10.2. The summed E-state index contributed by atoms with van der Waals surface area (Å²) in [6.45, 7) is 0.891. The molecule has 0 saturated carbocycles. The van der Waals surface area contributed by atoms with Gasteiger partial charge < -0.3 is 14.4 Å². The second kappa shape index (κ2) is 8.91. The average Bonchev–Trinajstić information content (AvgIpc) is 2.84. The van der Waals surface area contributed by atoms with Gasteiger partial charge in [0.25, 0.3) is 0 Å². The van der Waals surface area contributed by atoms with E-state index in [0.717, 1.165) is 24.5 Å². The summed E-state index contributed by atoms with van der Waals surface area (Å²) in [5.74, 6) is 1.53. The molecule has 0 N–H and O–H groups in total. The standard InChI is InChI=1S/C27H27NO2/c1-29-25-14-13-22(21-26(25)30-2)15-18-28-19-16-27(17-20-28,23-9-5-3-6-10-23)24-11-7-4-8-12-24/h3-14,16-17,19-21H,15,18H2,1-2H3. The van der Waals surface area contributed by atoms with Crippen LogP contribution in [0.4, 0.5) is 0 Å². The van der Waals surface area contributed by atoms with Crippen LogP contribution < -0.4 is 9.47 Å². The summed E-state index contributed by atoms with van der Waals surface area (Å²) >= 11 is 0. The molecule has 0 aromatic heterocycles. The molecule has 3 nitrogen and oxygen atoms in total. The molecular formula is C27H27NO2. The highest BCUT2D eigenvalue weighted by Gasteiger charge is 2.30. The zero-order valence-corrected chi connectivity index (χ0v) is 17.5. The molecule has 0 radical (unpaired) electrons. The van der Waals surface area contributed by atoms with Gasteiger partial charge in [-0.2, -0.15) is 0 Å². The quantitative estimate of drug-likeness (QED) is 0.520. The van der Waals surface area contributed by atoms with Crippen molar-refractivity contribution in [3.8, 4) is 11.5 Å². The van der Waals surface area contributed by atoms with Crippen molar-refractivity contribution in [3.05, 3.63) is 120 Å². The normalized spacial score (nSPS) is 14.5. The summed E-state index contributed by atoms with van der Waals surface area (Å²) < 4.78 is 10.8. The number of methoxy groups -OCH3 is 2. The highest BCUT2D eigenvalue weighted by Crippen LogP contribution is 2.37. The van der Waals surface area contributed by atoms with Crippen LogP contribution in [0.2, 0.25) is 0 Å². The first-order chi connectivity index (χ1) is 14.7. The Morgan fingerprint density at radius 2 is 1.27 bits per heavy atom. The molecule has 3 aromatic carbocycles. The molecule has 0 saturated heterocycles. The molecule has 0 bridgehead atoms. The number of allylic oxidation sites excluding steroid dienone is 2. The number of hydrogen-bond acceptors (Lipinski definition) is 3. The third-order valence-corrected chi connectivity index (χ3v) is 5.67. The van der Waals surface area contributed by atoms with Gasteiger partial charge in [-0.25, -0.2) is 0 Å². The number of hydrogen-bond donors (Lipinski definition) is 0. The summed E-state index contributed by atoms with van der Waals surface area (Å²) in [6, 6.07) is 27.4.